The third-order valence-electron chi connectivity index (χ3n) is 4.90. The lowest BCUT2D eigenvalue weighted by Gasteiger charge is -2.16. The minimum Gasteiger partial charge on any atom is -0.306 e. The number of aromatic nitrogens is 4. The Morgan fingerprint density at radius 1 is 1.04 bits per heavy atom. The molecule has 5 nitrogen and oxygen atoms in total. The molecular weight excluding hydrogens is 322 g/mol. The van der Waals surface area contributed by atoms with E-state index in [2.05, 4.69) is 65.0 Å². The van der Waals surface area contributed by atoms with Crippen molar-refractivity contribution in [1.29, 1.82) is 0 Å². The van der Waals surface area contributed by atoms with Gasteiger partial charge in [0, 0.05) is 41.3 Å². The molecule has 0 aliphatic rings. The van der Waals surface area contributed by atoms with Crippen LogP contribution in [0.4, 0.5) is 0 Å². The third-order valence-corrected chi connectivity index (χ3v) is 4.90. The highest BCUT2D eigenvalue weighted by Crippen LogP contribution is 2.19. The molecule has 136 valence electrons. The molecule has 2 heterocycles. The molecule has 0 radical (unpaired) electrons. The summed E-state index contributed by atoms with van der Waals surface area (Å²) in [5.41, 5.74) is 6.99. The summed E-state index contributed by atoms with van der Waals surface area (Å²) >= 11 is 0. The highest BCUT2D eigenvalue weighted by Gasteiger charge is 2.15. The van der Waals surface area contributed by atoms with Crippen LogP contribution in [-0.4, -0.2) is 19.7 Å². The Bertz CT molecular complexity index is 883. The molecule has 1 atom stereocenters. The minimum atomic E-state index is 0.187. The first-order valence-electron chi connectivity index (χ1n) is 9.06. The van der Waals surface area contributed by atoms with Crippen molar-refractivity contribution in [1.82, 2.24) is 25.1 Å². The van der Waals surface area contributed by atoms with Crippen LogP contribution >= 0.6 is 0 Å². The van der Waals surface area contributed by atoms with Crippen LogP contribution in [0.25, 0.3) is 0 Å². The van der Waals surface area contributed by atoms with E-state index in [4.69, 9.17) is 5.10 Å². The molecule has 0 aliphatic heterocycles. The predicted molar refractivity (Wildman–Crippen MR) is 104 cm³/mol. The summed E-state index contributed by atoms with van der Waals surface area (Å²) in [4.78, 5) is 8.80. The van der Waals surface area contributed by atoms with Crippen molar-refractivity contribution in [3.63, 3.8) is 0 Å². The van der Waals surface area contributed by atoms with Crippen LogP contribution in [0.2, 0.25) is 0 Å². The van der Waals surface area contributed by atoms with E-state index in [9.17, 15) is 0 Å². The summed E-state index contributed by atoms with van der Waals surface area (Å²) in [6.07, 6.45) is 1.92. The van der Waals surface area contributed by atoms with Gasteiger partial charge in [0.25, 0.3) is 0 Å². The third kappa shape index (κ3) is 3.99. The fraction of sp³-hybridized carbons (Fsp3) is 0.381. The van der Waals surface area contributed by atoms with E-state index >= 15 is 0 Å². The van der Waals surface area contributed by atoms with Crippen molar-refractivity contribution in [2.75, 3.05) is 0 Å². The fourth-order valence-corrected chi connectivity index (χ4v) is 3.28. The van der Waals surface area contributed by atoms with Gasteiger partial charge in [0.15, 0.2) is 0 Å². The Morgan fingerprint density at radius 3 is 2.46 bits per heavy atom. The van der Waals surface area contributed by atoms with Gasteiger partial charge in [-0.05, 0) is 40.2 Å². The van der Waals surface area contributed by atoms with E-state index in [0.717, 1.165) is 35.9 Å². The van der Waals surface area contributed by atoms with Gasteiger partial charge in [-0.3, -0.25) is 4.68 Å². The molecule has 0 unspecified atom stereocenters. The van der Waals surface area contributed by atoms with Gasteiger partial charge in [0.05, 0.1) is 12.2 Å². The lowest BCUT2D eigenvalue weighted by Crippen LogP contribution is -2.20. The quantitative estimate of drug-likeness (QED) is 0.735. The molecule has 3 aromatic rings. The first kappa shape index (κ1) is 18.3. The summed E-state index contributed by atoms with van der Waals surface area (Å²) in [6, 6.07) is 10.6. The number of nitrogens with zero attached hydrogens (tertiary/aromatic N) is 4. The Morgan fingerprint density at radius 2 is 1.77 bits per heavy atom. The summed E-state index contributed by atoms with van der Waals surface area (Å²) in [5, 5.41) is 8.34. The number of benzene rings is 1. The van der Waals surface area contributed by atoms with Gasteiger partial charge in [-0.25, -0.2) is 9.97 Å². The van der Waals surface area contributed by atoms with Crippen molar-refractivity contribution in [3.8, 4) is 0 Å². The van der Waals surface area contributed by atoms with Gasteiger partial charge in [0.1, 0.15) is 5.82 Å². The summed E-state index contributed by atoms with van der Waals surface area (Å²) in [6.45, 7) is 11.9. The van der Waals surface area contributed by atoms with E-state index in [-0.39, 0.29) is 6.04 Å². The number of hydrogen-bond donors (Lipinski definition) is 1. The molecule has 0 aliphatic carbocycles. The topological polar surface area (TPSA) is 55.6 Å². The van der Waals surface area contributed by atoms with Gasteiger partial charge in [0.2, 0.25) is 0 Å². The number of rotatable bonds is 6. The molecule has 1 N–H and O–H groups in total. The van der Waals surface area contributed by atoms with Crippen molar-refractivity contribution in [2.24, 2.45) is 0 Å². The second kappa shape index (κ2) is 7.79. The van der Waals surface area contributed by atoms with E-state index < -0.39 is 0 Å². The number of aryl methyl sites for hydroxylation is 3. The van der Waals surface area contributed by atoms with E-state index in [0.29, 0.717) is 0 Å². The molecule has 0 saturated heterocycles. The first-order chi connectivity index (χ1) is 12.5. The monoisotopic (exact) mass is 349 g/mol. The zero-order chi connectivity index (χ0) is 18.7. The maximum absolute atomic E-state index is 4.74. The van der Waals surface area contributed by atoms with E-state index in [1.54, 1.807) is 0 Å². The molecule has 5 heteroatoms. The van der Waals surface area contributed by atoms with Crippen LogP contribution in [0.5, 0.6) is 0 Å². The molecular formula is C21H27N5. The fourth-order valence-electron chi connectivity index (χ4n) is 3.28. The highest BCUT2D eigenvalue weighted by molar-refractivity contribution is 5.27. The summed E-state index contributed by atoms with van der Waals surface area (Å²) in [7, 11) is 0. The van der Waals surface area contributed by atoms with Gasteiger partial charge >= 0.3 is 0 Å². The summed E-state index contributed by atoms with van der Waals surface area (Å²) in [5.74, 6) is 0.812. The lowest BCUT2D eigenvalue weighted by molar-refractivity contribution is 0.563. The van der Waals surface area contributed by atoms with Gasteiger partial charge in [-0.1, -0.05) is 30.3 Å². The molecule has 0 spiro atoms. The predicted octanol–water partition coefficient (Wildman–Crippen LogP) is 3.81. The number of hydrogen-bond acceptors (Lipinski definition) is 4. The maximum atomic E-state index is 4.74. The van der Waals surface area contributed by atoms with Gasteiger partial charge < -0.3 is 5.32 Å². The average Bonchev–Trinajstić information content (AvgIpc) is 2.87. The minimum absolute atomic E-state index is 0.187. The Hall–Kier alpha value is -2.53. The standard InChI is InChI=1S/C21H27N5/c1-14(20-11-23-18(5)24-15(20)2)22-12-21-16(3)25-26(17(21)4)13-19-9-7-6-8-10-19/h6-11,14,22H,12-13H2,1-5H3/t14-/m1/s1. The molecule has 0 saturated carbocycles. The van der Waals surface area contributed by atoms with Crippen LogP contribution in [0.15, 0.2) is 36.5 Å². The highest BCUT2D eigenvalue weighted by atomic mass is 15.3. The Labute approximate surface area is 155 Å². The number of nitrogens with one attached hydrogen (secondary N) is 1. The Balaban J connectivity index is 1.72. The normalized spacial score (nSPS) is 12.3. The first-order valence-corrected chi connectivity index (χ1v) is 9.06. The van der Waals surface area contributed by atoms with Crippen LogP contribution < -0.4 is 5.32 Å². The van der Waals surface area contributed by atoms with E-state index in [1.807, 2.05) is 26.1 Å². The SMILES string of the molecule is Cc1ncc([C@@H](C)NCc2c(C)nn(Cc3ccccc3)c2C)c(C)n1. The van der Waals surface area contributed by atoms with Crippen molar-refractivity contribution in [3.05, 3.63) is 76.1 Å². The second-order valence-corrected chi connectivity index (χ2v) is 6.85. The zero-order valence-electron chi connectivity index (χ0n) is 16.2. The molecule has 0 amide bonds. The van der Waals surface area contributed by atoms with Gasteiger partial charge in [-0.2, -0.15) is 5.10 Å². The summed E-state index contributed by atoms with van der Waals surface area (Å²) < 4.78 is 2.09. The molecule has 26 heavy (non-hydrogen) atoms. The van der Waals surface area contributed by atoms with Crippen LogP contribution in [0.1, 0.15) is 52.6 Å². The van der Waals surface area contributed by atoms with Crippen molar-refractivity contribution in [2.45, 2.75) is 53.8 Å². The van der Waals surface area contributed by atoms with Gasteiger partial charge in [-0.15, -0.1) is 0 Å². The maximum Gasteiger partial charge on any atom is 0.125 e. The molecule has 0 fully saturated rings. The molecule has 2 aromatic heterocycles. The van der Waals surface area contributed by atoms with E-state index in [1.165, 1.54) is 16.8 Å². The van der Waals surface area contributed by atoms with Crippen molar-refractivity contribution < 1.29 is 0 Å². The zero-order valence-corrected chi connectivity index (χ0v) is 16.2. The van der Waals surface area contributed by atoms with Crippen LogP contribution in [-0.2, 0) is 13.1 Å². The average molecular weight is 349 g/mol. The van der Waals surface area contributed by atoms with Crippen LogP contribution in [0, 0.1) is 27.7 Å². The lowest BCUT2D eigenvalue weighted by atomic mass is 10.1. The van der Waals surface area contributed by atoms with Crippen LogP contribution in [0.3, 0.4) is 0 Å². The Kier molecular flexibility index (Phi) is 5.47. The largest absolute Gasteiger partial charge is 0.306 e. The second-order valence-electron chi connectivity index (χ2n) is 6.85. The van der Waals surface area contributed by atoms with Crippen molar-refractivity contribution >= 4 is 0 Å². The molecule has 0 bridgehead atoms. The smallest absolute Gasteiger partial charge is 0.125 e. The molecule has 1 aromatic carbocycles. The molecule has 3 rings (SSSR count).